The molecule has 0 atom stereocenters. The van der Waals surface area contributed by atoms with Gasteiger partial charge in [-0.2, -0.15) is 5.10 Å². The lowest BCUT2D eigenvalue weighted by atomic mass is 10.1. The van der Waals surface area contributed by atoms with Crippen LogP contribution in [0.5, 0.6) is 0 Å². The van der Waals surface area contributed by atoms with Crippen LogP contribution in [0.4, 0.5) is 0 Å². The zero-order chi connectivity index (χ0) is 13.9. The summed E-state index contributed by atoms with van der Waals surface area (Å²) in [7, 11) is 0. The van der Waals surface area contributed by atoms with E-state index in [4.69, 9.17) is 0 Å². The quantitative estimate of drug-likeness (QED) is 0.796. The molecule has 0 radical (unpaired) electrons. The van der Waals surface area contributed by atoms with Gasteiger partial charge in [0.1, 0.15) is 5.71 Å². The van der Waals surface area contributed by atoms with Crippen LogP contribution < -0.4 is 0 Å². The molecule has 4 heteroatoms. The maximum Gasteiger partial charge on any atom is 0.317 e. The van der Waals surface area contributed by atoms with Gasteiger partial charge in [0.15, 0.2) is 0 Å². The van der Waals surface area contributed by atoms with E-state index in [2.05, 4.69) is 5.10 Å². The number of hydrogen-bond donors (Lipinski definition) is 0. The van der Waals surface area contributed by atoms with Gasteiger partial charge in [-0.15, -0.1) is 0 Å². The fraction of sp³-hybridized carbons (Fsp3) is 0.0625. The number of carbonyl (C=O) groups excluding carboxylic acids is 2. The van der Waals surface area contributed by atoms with E-state index in [9.17, 15) is 9.59 Å². The highest BCUT2D eigenvalue weighted by Crippen LogP contribution is 2.15. The number of amides is 1. The van der Waals surface area contributed by atoms with Crippen molar-refractivity contribution in [1.82, 2.24) is 5.01 Å². The minimum absolute atomic E-state index is 0.214. The monoisotopic (exact) mass is 264 g/mol. The van der Waals surface area contributed by atoms with Crippen molar-refractivity contribution in [3.8, 4) is 0 Å². The van der Waals surface area contributed by atoms with Crippen molar-refractivity contribution in [2.75, 3.05) is 0 Å². The third-order valence-electron chi connectivity index (χ3n) is 3.09. The van der Waals surface area contributed by atoms with Crippen LogP contribution in [0.25, 0.3) is 0 Å². The molecule has 4 nitrogen and oxygen atoms in total. The van der Waals surface area contributed by atoms with Gasteiger partial charge in [-0.3, -0.25) is 9.59 Å². The molecule has 2 aromatic carbocycles. The maximum absolute atomic E-state index is 12.0. The van der Waals surface area contributed by atoms with Crippen LogP contribution in [-0.4, -0.2) is 22.4 Å². The van der Waals surface area contributed by atoms with Gasteiger partial charge in [-0.1, -0.05) is 60.7 Å². The van der Waals surface area contributed by atoms with E-state index in [1.807, 2.05) is 48.5 Å². The molecule has 0 aromatic heterocycles. The van der Waals surface area contributed by atoms with Crippen molar-refractivity contribution in [2.24, 2.45) is 5.10 Å². The third kappa shape index (κ3) is 2.23. The van der Waals surface area contributed by atoms with Gasteiger partial charge in [-0.05, 0) is 5.56 Å². The summed E-state index contributed by atoms with van der Waals surface area (Å²) in [5, 5.41) is 5.39. The molecule has 20 heavy (non-hydrogen) atoms. The molecule has 0 spiro atoms. The Morgan fingerprint density at radius 1 is 0.850 bits per heavy atom. The SMILES string of the molecule is O=C1C(=O)N(Cc2ccccc2)N=C1c1ccccc1. The predicted octanol–water partition coefficient (Wildman–Crippen LogP) is 2.00. The first kappa shape index (κ1) is 12.3. The van der Waals surface area contributed by atoms with E-state index in [0.717, 1.165) is 5.56 Å². The highest BCUT2D eigenvalue weighted by atomic mass is 16.2. The van der Waals surface area contributed by atoms with Gasteiger partial charge in [0.2, 0.25) is 0 Å². The predicted molar refractivity (Wildman–Crippen MR) is 75.0 cm³/mol. The molecule has 98 valence electrons. The minimum atomic E-state index is -0.576. The zero-order valence-electron chi connectivity index (χ0n) is 10.7. The number of benzene rings is 2. The van der Waals surface area contributed by atoms with Crippen LogP contribution in [0.3, 0.4) is 0 Å². The molecule has 1 aliphatic heterocycles. The molecule has 3 rings (SSSR count). The number of ketones is 1. The fourth-order valence-electron chi connectivity index (χ4n) is 2.08. The first-order chi connectivity index (χ1) is 9.75. The summed E-state index contributed by atoms with van der Waals surface area (Å²) in [4.78, 5) is 23.9. The van der Waals surface area contributed by atoms with Crippen molar-refractivity contribution in [3.05, 3.63) is 71.8 Å². The Morgan fingerprint density at radius 3 is 2.10 bits per heavy atom. The summed E-state index contributed by atoms with van der Waals surface area (Å²) in [5.74, 6) is -1.13. The number of hydrazone groups is 1. The summed E-state index contributed by atoms with van der Waals surface area (Å²) in [5.41, 5.74) is 1.82. The van der Waals surface area contributed by atoms with Gasteiger partial charge < -0.3 is 0 Å². The molecule has 0 saturated heterocycles. The third-order valence-corrected chi connectivity index (χ3v) is 3.09. The fourth-order valence-corrected chi connectivity index (χ4v) is 2.08. The van der Waals surface area contributed by atoms with Crippen LogP contribution in [0.2, 0.25) is 0 Å². The topological polar surface area (TPSA) is 49.7 Å². The molecule has 0 bridgehead atoms. The molecule has 0 N–H and O–H groups in total. The van der Waals surface area contributed by atoms with E-state index in [1.54, 1.807) is 12.1 Å². The van der Waals surface area contributed by atoms with Crippen molar-refractivity contribution in [1.29, 1.82) is 0 Å². The molecule has 0 aliphatic carbocycles. The second kappa shape index (κ2) is 5.09. The Bertz CT molecular complexity index is 678. The Kier molecular flexibility index (Phi) is 3.13. The lowest BCUT2D eigenvalue weighted by Crippen LogP contribution is -2.27. The summed E-state index contributed by atoms with van der Waals surface area (Å²) in [6.45, 7) is 0.307. The Balaban J connectivity index is 1.88. The van der Waals surface area contributed by atoms with Crippen molar-refractivity contribution in [3.63, 3.8) is 0 Å². The van der Waals surface area contributed by atoms with Crippen LogP contribution in [0, 0.1) is 0 Å². The first-order valence-corrected chi connectivity index (χ1v) is 6.30. The highest BCUT2D eigenvalue weighted by Gasteiger charge is 2.34. The molecular weight excluding hydrogens is 252 g/mol. The molecule has 1 aliphatic rings. The lowest BCUT2D eigenvalue weighted by molar-refractivity contribution is -0.140. The van der Waals surface area contributed by atoms with Crippen LogP contribution in [0.1, 0.15) is 11.1 Å². The standard InChI is InChI=1S/C16H12N2O2/c19-15-14(13-9-5-2-6-10-13)17-18(16(15)20)11-12-7-3-1-4-8-12/h1-10H,11H2. The molecular formula is C16H12N2O2. The number of rotatable bonds is 3. The van der Waals surface area contributed by atoms with Gasteiger partial charge in [0, 0.05) is 5.56 Å². The highest BCUT2D eigenvalue weighted by molar-refractivity contribution is 6.69. The zero-order valence-corrected chi connectivity index (χ0v) is 10.7. The number of hydrogen-bond acceptors (Lipinski definition) is 3. The Hall–Kier alpha value is -2.75. The largest absolute Gasteiger partial charge is 0.317 e. The van der Waals surface area contributed by atoms with Gasteiger partial charge in [0.25, 0.3) is 5.78 Å². The van der Waals surface area contributed by atoms with Crippen LogP contribution in [-0.2, 0) is 16.1 Å². The normalized spacial score (nSPS) is 14.6. The maximum atomic E-state index is 12.0. The Morgan fingerprint density at radius 2 is 1.45 bits per heavy atom. The van der Waals surface area contributed by atoms with Crippen molar-refractivity contribution in [2.45, 2.75) is 6.54 Å². The number of nitrogens with zero attached hydrogens (tertiary/aromatic N) is 2. The number of carbonyl (C=O) groups is 2. The summed E-state index contributed by atoms with van der Waals surface area (Å²) >= 11 is 0. The van der Waals surface area contributed by atoms with E-state index in [-0.39, 0.29) is 5.71 Å². The summed E-state index contributed by atoms with van der Waals surface area (Å²) in [6.07, 6.45) is 0. The minimum Gasteiger partial charge on any atom is -0.281 e. The molecule has 1 heterocycles. The second-order valence-corrected chi connectivity index (χ2v) is 4.49. The van der Waals surface area contributed by atoms with Gasteiger partial charge in [-0.25, -0.2) is 5.01 Å². The molecule has 0 unspecified atom stereocenters. The molecule has 2 aromatic rings. The average molecular weight is 264 g/mol. The summed E-state index contributed by atoms with van der Waals surface area (Å²) < 4.78 is 0. The van der Waals surface area contributed by atoms with Gasteiger partial charge >= 0.3 is 5.91 Å². The van der Waals surface area contributed by atoms with Crippen LogP contribution in [0.15, 0.2) is 65.8 Å². The lowest BCUT2D eigenvalue weighted by Gasteiger charge is -2.10. The number of Topliss-reactive ketones (excluding diaryl/α,β-unsaturated/α-hetero) is 1. The molecule has 0 fully saturated rings. The van der Waals surface area contributed by atoms with Crippen LogP contribution >= 0.6 is 0 Å². The molecule has 1 amide bonds. The van der Waals surface area contributed by atoms with Gasteiger partial charge in [0.05, 0.1) is 6.54 Å². The molecule has 0 saturated carbocycles. The van der Waals surface area contributed by atoms with E-state index in [1.165, 1.54) is 5.01 Å². The van der Waals surface area contributed by atoms with E-state index >= 15 is 0 Å². The van der Waals surface area contributed by atoms with Crippen molar-refractivity contribution < 1.29 is 9.59 Å². The van der Waals surface area contributed by atoms with E-state index < -0.39 is 11.7 Å². The van der Waals surface area contributed by atoms with E-state index in [0.29, 0.717) is 12.1 Å². The smallest absolute Gasteiger partial charge is 0.281 e. The second-order valence-electron chi connectivity index (χ2n) is 4.49. The van der Waals surface area contributed by atoms with Crippen molar-refractivity contribution >= 4 is 17.4 Å². The average Bonchev–Trinajstić information content (AvgIpc) is 2.78. The summed E-state index contributed by atoms with van der Waals surface area (Å²) in [6, 6.07) is 18.5. The Labute approximate surface area is 116 Å². The first-order valence-electron chi connectivity index (χ1n) is 6.30.